The Labute approximate surface area is 123 Å². The SMILES string of the molecule is O=C(O)C1CCCCN1C(=O)c1cc(Br)cnc1Cl. The Hall–Kier alpha value is -1.14. The minimum absolute atomic E-state index is 0.0860. The molecule has 7 heteroatoms. The lowest BCUT2D eigenvalue weighted by Gasteiger charge is -2.33. The van der Waals surface area contributed by atoms with Crippen molar-refractivity contribution in [3.05, 3.63) is 27.5 Å². The molecule has 1 aromatic rings. The lowest BCUT2D eigenvalue weighted by Crippen LogP contribution is -2.48. The number of aromatic nitrogens is 1. The molecule has 1 atom stereocenters. The number of carbonyl (C=O) groups is 2. The van der Waals surface area contributed by atoms with Gasteiger partial charge in [0, 0.05) is 17.2 Å². The highest BCUT2D eigenvalue weighted by Crippen LogP contribution is 2.24. The van der Waals surface area contributed by atoms with Gasteiger partial charge < -0.3 is 10.0 Å². The normalized spacial score (nSPS) is 19.3. The predicted molar refractivity (Wildman–Crippen MR) is 73.3 cm³/mol. The molecule has 1 aromatic heterocycles. The second-order valence-corrected chi connectivity index (χ2v) is 5.61. The summed E-state index contributed by atoms with van der Waals surface area (Å²) in [5.41, 5.74) is 0.226. The van der Waals surface area contributed by atoms with Crippen molar-refractivity contribution in [3.8, 4) is 0 Å². The number of carboxylic acid groups (broad SMARTS) is 1. The van der Waals surface area contributed by atoms with Crippen LogP contribution in [0.1, 0.15) is 29.6 Å². The minimum Gasteiger partial charge on any atom is -0.480 e. The maximum atomic E-state index is 12.4. The molecule has 0 radical (unpaired) electrons. The molecular weight excluding hydrogens is 336 g/mol. The van der Waals surface area contributed by atoms with Crippen LogP contribution in [0.2, 0.25) is 5.15 Å². The Balaban J connectivity index is 2.31. The Morgan fingerprint density at radius 1 is 1.47 bits per heavy atom. The van der Waals surface area contributed by atoms with Gasteiger partial charge in [0.2, 0.25) is 0 Å². The fourth-order valence-electron chi connectivity index (χ4n) is 2.16. The van der Waals surface area contributed by atoms with E-state index in [-0.39, 0.29) is 16.6 Å². The van der Waals surface area contributed by atoms with Gasteiger partial charge in [-0.3, -0.25) is 4.79 Å². The molecule has 0 spiro atoms. The summed E-state index contributed by atoms with van der Waals surface area (Å²) in [6, 6.07) is 0.779. The summed E-state index contributed by atoms with van der Waals surface area (Å²) in [7, 11) is 0. The van der Waals surface area contributed by atoms with Crippen LogP contribution in [-0.4, -0.2) is 39.5 Å². The summed E-state index contributed by atoms with van der Waals surface area (Å²) in [6.45, 7) is 0.429. The first-order valence-electron chi connectivity index (χ1n) is 5.85. The fraction of sp³-hybridized carbons (Fsp3) is 0.417. The monoisotopic (exact) mass is 346 g/mol. The lowest BCUT2D eigenvalue weighted by atomic mass is 10.0. The van der Waals surface area contributed by atoms with Crippen LogP contribution in [0.4, 0.5) is 0 Å². The quantitative estimate of drug-likeness (QED) is 0.835. The maximum Gasteiger partial charge on any atom is 0.326 e. The Kier molecular flexibility index (Phi) is 4.42. The number of carboxylic acids is 1. The molecule has 102 valence electrons. The number of hydrogen-bond donors (Lipinski definition) is 1. The molecule has 19 heavy (non-hydrogen) atoms. The average Bonchev–Trinajstić information content (AvgIpc) is 2.40. The molecular formula is C12H12BrClN2O3. The Bertz CT molecular complexity index is 524. The van der Waals surface area contributed by atoms with Crippen LogP contribution >= 0.6 is 27.5 Å². The van der Waals surface area contributed by atoms with E-state index in [0.717, 1.165) is 12.8 Å². The van der Waals surface area contributed by atoms with Crippen molar-refractivity contribution in [1.29, 1.82) is 0 Å². The number of hydrogen-bond acceptors (Lipinski definition) is 3. The van der Waals surface area contributed by atoms with Crippen molar-refractivity contribution < 1.29 is 14.7 Å². The van der Waals surface area contributed by atoms with Crippen molar-refractivity contribution in [3.63, 3.8) is 0 Å². The Morgan fingerprint density at radius 3 is 2.89 bits per heavy atom. The highest BCUT2D eigenvalue weighted by molar-refractivity contribution is 9.10. The number of likely N-dealkylation sites (tertiary alicyclic amines) is 1. The van der Waals surface area contributed by atoms with E-state index in [0.29, 0.717) is 17.4 Å². The zero-order valence-corrected chi connectivity index (χ0v) is 12.3. The van der Waals surface area contributed by atoms with Crippen LogP contribution in [0.5, 0.6) is 0 Å². The summed E-state index contributed by atoms with van der Waals surface area (Å²) in [4.78, 5) is 28.9. The van der Waals surface area contributed by atoms with Crippen LogP contribution in [0.25, 0.3) is 0 Å². The molecule has 1 amide bonds. The van der Waals surface area contributed by atoms with Gasteiger partial charge in [-0.2, -0.15) is 0 Å². The van der Waals surface area contributed by atoms with Crippen LogP contribution in [0.3, 0.4) is 0 Å². The van der Waals surface area contributed by atoms with Gasteiger partial charge in [0.1, 0.15) is 11.2 Å². The van der Waals surface area contributed by atoms with Gasteiger partial charge in [-0.05, 0) is 41.3 Å². The molecule has 2 heterocycles. The van der Waals surface area contributed by atoms with Gasteiger partial charge in [0.05, 0.1) is 5.56 Å². The van der Waals surface area contributed by atoms with Gasteiger partial charge >= 0.3 is 5.97 Å². The lowest BCUT2D eigenvalue weighted by molar-refractivity contribution is -0.143. The van der Waals surface area contributed by atoms with Crippen LogP contribution in [0.15, 0.2) is 16.7 Å². The second kappa shape index (κ2) is 5.88. The van der Waals surface area contributed by atoms with E-state index in [9.17, 15) is 14.7 Å². The fourth-order valence-corrected chi connectivity index (χ4v) is 2.67. The largest absolute Gasteiger partial charge is 0.480 e. The van der Waals surface area contributed by atoms with Gasteiger partial charge in [0.25, 0.3) is 5.91 Å². The summed E-state index contributed by atoms with van der Waals surface area (Å²) < 4.78 is 0.629. The summed E-state index contributed by atoms with van der Waals surface area (Å²) >= 11 is 9.14. The Morgan fingerprint density at radius 2 is 2.21 bits per heavy atom. The molecule has 1 aliphatic heterocycles. The molecule has 5 nitrogen and oxygen atoms in total. The van der Waals surface area contributed by atoms with E-state index in [1.165, 1.54) is 11.1 Å². The van der Waals surface area contributed by atoms with E-state index < -0.39 is 12.0 Å². The van der Waals surface area contributed by atoms with Crippen molar-refractivity contribution in [2.24, 2.45) is 0 Å². The van der Waals surface area contributed by atoms with Gasteiger partial charge in [-0.15, -0.1) is 0 Å². The van der Waals surface area contributed by atoms with Gasteiger partial charge in [0.15, 0.2) is 0 Å². The number of halogens is 2. The van der Waals surface area contributed by atoms with E-state index in [4.69, 9.17) is 11.6 Å². The number of amides is 1. The van der Waals surface area contributed by atoms with Crippen LogP contribution < -0.4 is 0 Å². The topological polar surface area (TPSA) is 70.5 Å². The molecule has 1 saturated heterocycles. The average molecular weight is 348 g/mol. The number of rotatable bonds is 2. The molecule has 0 aromatic carbocycles. The van der Waals surface area contributed by atoms with E-state index in [1.807, 2.05) is 0 Å². The number of aliphatic carboxylic acids is 1. The number of carbonyl (C=O) groups excluding carboxylic acids is 1. The molecule has 0 aliphatic carbocycles. The van der Waals surface area contributed by atoms with Crippen molar-refractivity contribution in [2.75, 3.05) is 6.54 Å². The highest BCUT2D eigenvalue weighted by Gasteiger charge is 2.33. The van der Waals surface area contributed by atoms with E-state index >= 15 is 0 Å². The van der Waals surface area contributed by atoms with Crippen LogP contribution in [0, 0.1) is 0 Å². The third kappa shape index (κ3) is 3.06. The molecule has 1 N–H and O–H groups in total. The maximum absolute atomic E-state index is 12.4. The molecule has 2 rings (SSSR count). The van der Waals surface area contributed by atoms with Crippen molar-refractivity contribution in [2.45, 2.75) is 25.3 Å². The standard InChI is InChI=1S/C12H12BrClN2O3/c13-7-5-8(10(14)15-6-7)11(17)16-4-2-1-3-9(16)12(18)19/h5-6,9H,1-4H2,(H,18,19). The first-order chi connectivity index (χ1) is 9.00. The first-order valence-corrected chi connectivity index (χ1v) is 7.02. The smallest absolute Gasteiger partial charge is 0.326 e. The predicted octanol–water partition coefficient (Wildman–Crippen LogP) is 2.58. The molecule has 1 unspecified atom stereocenters. The van der Waals surface area contributed by atoms with Crippen molar-refractivity contribution in [1.82, 2.24) is 9.88 Å². The van der Waals surface area contributed by atoms with E-state index in [2.05, 4.69) is 20.9 Å². The summed E-state index contributed by atoms with van der Waals surface area (Å²) in [5, 5.41) is 9.26. The molecule has 0 bridgehead atoms. The molecule has 1 aliphatic rings. The second-order valence-electron chi connectivity index (χ2n) is 4.34. The minimum atomic E-state index is -0.980. The highest BCUT2D eigenvalue weighted by atomic mass is 79.9. The summed E-state index contributed by atoms with van der Waals surface area (Å²) in [5.74, 6) is -1.36. The third-order valence-corrected chi connectivity index (χ3v) is 3.82. The van der Waals surface area contributed by atoms with Gasteiger partial charge in [-0.1, -0.05) is 11.6 Å². The number of piperidine rings is 1. The number of nitrogens with zero attached hydrogens (tertiary/aromatic N) is 2. The zero-order chi connectivity index (χ0) is 14.0. The van der Waals surface area contributed by atoms with E-state index in [1.54, 1.807) is 6.07 Å². The van der Waals surface area contributed by atoms with Crippen molar-refractivity contribution >= 4 is 39.4 Å². The molecule has 0 saturated carbocycles. The first kappa shape index (κ1) is 14.3. The summed E-state index contributed by atoms with van der Waals surface area (Å²) in [6.07, 6.45) is 3.57. The third-order valence-electron chi connectivity index (χ3n) is 3.08. The number of pyridine rings is 1. The van der Waals surface area contributed by atoms with Crippen LogP contribution in [-0.2, 0) is 4.79 Å². The zero-order valence-electron chi connectivity index (χ0n) is 9.97. The molecule has 1 fully saturated rings. The van der Waals surface area contributed by atoms with Gasteiger partial charge in [-0.25, -0.2) is 9.78 Å².